The normalized spacial score (nSPS) is 15.4. The number of nitrogens with zero attached hydrogens (tertiary/aromatic N) is 6. The molecule has 1 aliphatic rings. The standard InChI is InChI=1S/C25H26F4N6O3S/c1-17-30-32-35(31-17)16-19-15-20(25(27,28)29)5-3-18(19)4-10-24(36)34-13-11-22(12-14-34)33(2)39(37,38)23-8-6-21(26)7-9-23/h3-10,15,22H,11-14,16H2,1-2H3. The van der Waals surface area contributed by atoms with E-state index in [1.165, 1.54) is 46.5 Å². The minimum absolute atomic E-state index is 0.0172. The van der Waals surface area contributed by atoms with Gasteiger partial charge in [0.15, 0.2) is 5.82 Å². The highest BCUT2D eigenvalue weighted by Crippen LogP contribution is 2.31. The number of carbonyl (C=O) groups is 1. The van der Waals surface area contributed by atoms with Crippen molar-refractivity contribution < 1.29 is 30.8 Å². The third kappa shape index (κ3) is 6.68. The Morgan fingerprint density at radius 2 is 1.79 bits per heavy atom. The Morgan fingerprint density at radius 3 is 2.38 bits per heavy atom. The lowest BCUT2D eigenvalue weighted by molar-refractivity contribution is -0.137. The van der Waals surface area contributed by atoms with Crippen LogP contribution in [0.4, 0.5) is 17.6 Å². The highest BCUT2D eigenvalue weighted by Gasteiger charge is 2.32. The lowest BCUT2D eigenvalue weighted by atomic mass is 10.0. The molecule has 0 unspecified atom stereocenters. The van der Waals surface area contributed by atoms with Crippen LogP contribution in [0, 0.1) is 12.7 Å². The van der Waals surface area contributed by atoms with Crippen molar-refractivity contribution in [1.82, 2.24) is 29.4 Å². The molecule has 2 aromatic carbocycles. The number of halogens is 4. The van der Waals surface area contributed by atoms with Gasteiger partial charge in [0.05, 0.1) is 17.0 Å². The first-order valence-corrected chi connectivity index (χ1v) is 13.4. The molecule has 0 aliphatic carbocycles. The smallest absolute Gasteiger partial charge is 0.339 e. The number of sulfonamides is 1. The van der Waals surface area contributed by atoms with Gasteiger partial charge in [0.2, 0.25) is 15.9 Å². The quantitative estimate of drug-likeness (QED) is 0.321. The number of alkyl halides is 3. The summed E-state index contributed by atoms with van der Waals surface area (Å²) >= 11 is 0. The number of tetrazole rings is 1. The predicted octanol–water partition coefficient (Wildman–Crippen LogP) is 3.51. The van der Waals surface area contributed by atoms with Gasteiger partial charge in [0.1, 0.15) is 5.82 Å². The Kier molecular flexibility index (Phi) is 8.16. The summed E-state index contributed by atoms with van der Waals surface area (Å²) in [6.45, 7) is 2.12. The summed E-state index contributed by atoms with van der Waals surface area (Å²) in [6.07, 6.45) is -1.04. The summed E-state index contributed by atoms with van der Waals surface area (Å²) in [5.41, 5.74) is -0.177. The average molecular weight is 567 g/mol. The molecule has 1 aromatic heterocycles. The van der Waals surface area contributed by atoms with Crippen molar-refractivity contribution in [3.8, 4) is 0 Å². The van der Waals surface area contributed by atoms with Gasteiger partial charge in [0.25, 0.3) is 0 Å². The second kappa shape index (κ2) is 11.2. The molecule has 4 rings (SSSR count). The topological polar surface area (TPSA) is 101 Å². The molecule has 1 saturated heterocycles. The molecule has 208 valence electrons. The zero-order valence-electron chi connectivity index (χ0n) is 21.1. The first-order chi connectivity index (χ1) is 18.3. The molecule has 9 nitrogen and oxygen atoms in total. The third-order valence-electron chi connectivity index (χ3n) is 6.52. The summed E-state index contributed by atoms with van der Waals surface area (Å²) < 4.78 is 80.1. The van der Waals surface area contributed by atoms with Crippen LogP contribution in [0.1, 0.15) is 35.4 Å². The van der Waals surface area contributed by atoms with E-state index >= 15 is 0 Å². The number of aryl methyl sites for hydroxylation is 1. The van der Waals surface area contributed by atoms with Gasteiger partial charge in [-0.05, 0) is 78.6 Å². The summed E-state index contributed by atoms with van der Waals surface area (Å²) in [7, 11) is -2.37. The fraction of sp³-hybridized carbons (Fsp3) is 0.360. The summed E-state index contributed by atoms with van der Waals surface area (Å²) in [6, 6.07) is 7.45. The van der Waals surface area contributed by atoms with Gasteiger partial charge in [-0.25, -0.2) is 12.8 Å². The van der Waals surface area contributed by atoms with Gasteiger partial charge in [-0.3, -0.25) is 4.79 Å². The fourth-order valence-electron chi connectivity index (χ4n) is 4.31. The number of benzene rings is 2. The molecule has 1 amide bonds. The van der Waals surface area contributed by atoms with E-state index in [1.807, 2.05) is 0 Å². The van der Waals surface area contributed by atoms with Crippen LogP contribution in [-0.2, 0) is 27.5 Å². The van der Waals surface area contributed by atoms with Crippen molar-refractivity contribution in [1.29, 1.82) is 0 Å². The molecular formula is C25H26F4N6O3S. The van der Waals surface area contributed by atoms with E-state index in [9.17, 15) is 30.8 Å². The summed E-state index contributed by atoms with van der Waals surface area (Å²) in [4.78, 5) is 15.6. The van der Waals surface area contributed by atoms with Gasteiger partial charge in [-0.2, -0.15) is 22.3 Å². The second-order valence-corrected chi connectivity index (χ2v) is 11.1. The Hall–Kier alpha value is -3.65. The largest absolute Gasteiger partial charge is 0.416 e. The molecule has 0 spiro atoms. The van der Waals surface area contributed by atoms with Gasteiger partial charge in [0, 0.05) is 32.3 Å². The molecule has 0 atom stereocenters. The fourth-order valence-corrected chi connectivity index (χ4v) is 5.73. The van der Waals surface area contributed by atoms with E-state index < -0.39 is 27.6 Å². The van der Waals surface area contributed by atoms with Crippen LogP contribution in [0.3, 0.4) is 0 Å². The Morgan fingerprint density at radius 1 is 1.13 bits per heavy atom. The SMILES string of the molecule is Cc1nnn(Cc2cc(C(F)(F)F)ccc2C=CC(=O)N2CCC(N(C)S(=O)(=O)c3ccc(F)cc3)CC2)n1. The summed E-state index contributed by atoms with van der Waals surface area (Å²) in [5, 5.41) is 11.6. The Labute approximate surface area is 222 Å². The van der Waals surface area contributed by atoms with Crippen molar-refractivity contribution in [2.45, 2.75) is 43.4 Å². The van der Waals surface area contributed by atoms with Crippen LogP contribution < -0.4 is 0 Å². The van der Waals surface area contributed by atoms with E-state index in [1.54, 1.807) is 11.8 Å². The molecule has 3 aromatic rings. The zero-order valence-corrected chi connectivity index (χ0v) is 22.0. The molecule has 1 fully saturated rings. The van der Waals surface area contributed by atoms with Crippen molar-refractivity contribution in [2.24, 2.45) is 0 Å². The van der Waals surface area contributed by atoms with Crippen LogP contribution in [0.15, 0.2) is 53.4 Å². The molecule has 0 bridgehead atoms. The highest BCUT2D eigenvalue weighted by atomic mass is 32.2. The molecule has 0 saturated carbocycles. The number of hydrogen-bond acceptors (Lipinski definition) is 6. The molecule has 39 heavy (non-hydrogen) atoms. The zero-order chi connectivity index (χ0) is 28.4. The molecule has 1 aliphatic heterocycles. The first-order valence-electron chi connectivity index (χ1n) is 12.0. The number of carbonyl (C=O) groups excluding carboxylic acids is 1. The van der Waals surface area contributed by atoms with Gasteiger partial charge < -0.3 is 4.90 Å². The maximum absolute atomic E-state index is 13.3. The van der Waals surface area contributed by atoms with Gasteiger partial charge >= 0.3 is 6.18 Å². The molecule has 14 heteroatoms. The Bertz CT molecular complexity index is 1460. The average Bonchev–Trinajstić information content (AvgIpc) is 3.31. The van der Waals surface area contributed by atoms with Crippen LogP contribution in [0.2, 0.25) is 0 Å². The van der Waals surface area contributed by atoms with E-state index in [-0.39, 0.29) is 29.0 Å². The van der Waals surface area contributed by atoms with Gasteiger partial charge in [-0.15, -0.1) is 10.2 Å². The van der Waals surface area contributed by atoms with Crippen molar-refractivity contribution in [3.05, 3.63) is 76.9 Å². The highest BCUT2D eigenvalue weighted by molar-refractivity contribution is 7.89. The van der Waals surface area contributed by atoms with E-state index in [4.69, 9.17) is 0 Å². The van der Waals surface area contributed by atoms with Crippen molar-refractivity contribution >= 4 is 22.0 Å². The number of piperidine rings is 1. The lowest BCUT2D eigenvalue weighted by Gasteiger charge is -2.35. The van der Waals surface area contributed by atoms with E-state index in [0.717, 1.165) is 24.3 Å². The van der Waals surface area contributed by atoms with Crippen molar-refractivity contribution in [2.75, 3.05) is 20.1 Å². The first kappa shape index (κ1) is 28.4. The second-order valence-electron chi connectivity index (χ2n) is 9.14. The van der Waals surface area contributed by atoms with E-state index in [0.29, 0.717) is 37.3 Å². The monoisotopic (exact) mass is 566 g/mol. The van der Waals surface area contributed by atoms with Gasteiger partial charge in [-0.1, -0.05) is 6.07 Å². The molecular weight excluding hydrogens is 540 g/mol. The third-order valence-corrected chi connectivity index (χ3v) is 8.45. The predicted molar refractivity (Wildman–Crippen MR) is 133 cm³/mol. The summed E-state index contributed by atoms with van der Waals surface area (Å²) in [5.74, 6) is -0.517. The number of aromatic nitrogens is 4. The Balaban J connectivity index is 1.43. The van der Waals surface area contributed by atoms with Crippen molar-refractivity contribution in [3.63, 3.8) is 0 Å². The molecule has 2 heterocycles. The maximum Gasteiger partial charge on any atom is 0.416 e. The van der Waals surface area contributed by atoms with Crippen LogP contribution in [0.25, 0.3) is 6.08 Å². The maximum atomic E-state index is 13.3. The lowest BCUT2D eigenvalue weighted by Crippen LogP contribution is -2.46. The number of likely N-dealkylation sites (tertiary alicyclic amines) is 1. The van der Waals surface area contributed by atoms with Crippen LogP contribution in [0.5, 0.6) is 0 Å². The number of hydrogen-bond donors (Lipinski definition) is 0. The minimum atomic E-state index is -4.54. The molecule has 0 radical (unpaired) electrons. The minimum Gasteiger partial charge on any atom is -0.339 e. The number of rotatable bonds is 7. The van der Waals surface area contributed by atoms with E-state index in [2.05, 4.69) is 15.4 Å². The van der Waals surface area contributed by atoms with Crippen LogP contribution >= 0.6 is 0 Å². The number of amides is 1. The molecule has 0 N–H and O–H groups in total. The van der Waals surface area contributed by atoms with Crippen LogP contribution in [-0.4, -0.2) is 69.9 Å².